The Bertz CT molecular complexity index is 337. The Balaban J connectivity index is 2.71. The molecule has 1 atom stereocenters. The Morgan fingerprint density at radius 3 is 2.65 bits per heavy atom. The minimum Gasteiger partial charge on any atom is -0.381 e. The van der Waals surface area contributed by atoms with Crippen molar-refractivity contribution >= 4 is 11.5 Å². The zero-order chi connectivity index (χ0) is 12.8. The highest BCUT2D eigenvalue weighted by molar-refractivity contribution is 5.51. The summed E-state index contributed by atoms with van der Waals surface area (Å²) < 4.78 is 0. The third-order valence-corrected chi connectivity index (χ3v) is 2.63. The second-order valence-corrected chi connectivity index (χ2v) is 4.83. The van der Waals surface area contributed by atoms with Gasteiger partial charge in [0.1, 0.15) is 5.82 Å². The van der Waals surface area contributed by atoms with Gasteiger partial charge in [-0.05, 0) is 26.1 Å². The van der Waals surface area contributed by atoms with Crippen molar-refractivity contribution in [1.82, 2.24) is 9.88 Å². The molecule has 5 heteroatoms. The average Bonchev–Trinajstić information content (AvgIpc) is 2.27. The van der Waals surface area contributed by atoms with E-state index < -0.39 is 0 Å². The molecule has 1 unspecified atom stereocenters. The van der Waals surface area contributed by atoms with Crippen molar-refractivity contribution in [2.45, 2.75) is 19.9 Å². The van der Waals surface area contributed by atoms with Gasteiger partial charge in [0.25, 0.3) is 0 Å². The van der Waals surface area contributed by atoms with E-state index in [1.165, 1.54) is 0 Å². The summed E-state index contributed by atoms with van der Waals surface area (Å²) >= 11 is 0. The van der Waals surface area contributed by atoms with E-state index in [-0.39, 0.29) is 0 Å². The van der Waals surface area contributed by atoms with Crippen LogP contribution >= 0.6 is 0 Å². The van der Waals surface area contributed by atoms with Crippen LogP contribution in [0.5, 0.6) is 0 Å². The molecule has 4 N–H and O–H groups in total. The largest absolute Gasteiger partial charge is 0.381 e. The number of hydrazine groups is 1. The van der Waals surface area contributed by atoms with Gasteiger partial charge in [-0.15, -0.1) is 0 Å². The molecule has 1 aromatic rings. The van der Waals surface area contributed by atoms with E-state index in [1.54, 1.807) is 6.20 Å². The normalized spacial score (nSPS) is 12.9. The van der Waals surface area contributed by atoms with Crippen molar-refractivity contribution < 1.29 is 0 Å². The Hall–Kier alpha value is -1.33. The van der Waals surface area contributed by atoms with Gasteiger partial charge in [0, 0.05) is 30.5 Å². The SMILES string of the molecule is CC(C)C(CN(C)C)Nc1ccnc(NN)c1. The van der Waals surface area contributed by atoms with E-state index in [9.17, 15) is 0 Å². The average molecular weight is 237 g/mol. The Kier molecular flexibility index (Phi) is 5.18. The summed E-state index contributed by atoms with van der Waals surface area (Å²) in [5.41, 5.74) is 3.58. The number of nitrogens with two attached hydrogens (primary N) is 1. The minimum absolute atomic E-state index is 0.401. The number of nitrogens with zero attached hydrogens (tertiary/aromatic N) is 2. The molecule has 0 amide bonds. The molecular weight excluding hydrogens is 214 g/mol. The molecule has 1 rings (SSSR count). The van der Waals surface area contributed by atoms with Crippen LogP contribution in [0, 0.1) is 5.92 Å². The van der Waals surface area contributed by atoms with Crippen molar-refractivity contribution in [3.05, 3.63) is 18.3 Å². The zero-order valence-electron chi connectivity index (χ0n) is 11.1. The highest BCUT2D eigenvalue weighted by Gasteiger charge is 2.14. The van der Waals surface area contributed by atoms with Gasteiger partial charge < -0.3 is 15.6 Å². The highest BCUT2D eigenvalue weighted by atomic mass is 15.2. The molecule has 1 heterocycles. The number of nitrogens with one attached hydrogen (secondary N) is 2. The first kappa shape index (κ1) is 13.7. The van der Waals surface area contributed by atoms with Gasteiger partial charge in [-0.2, -0.15) is 0 Å². The number of likely N-dealkylation sites (N-methyl/N-ethyl adjacent to an activating group) is 1. The lowest BCUT2D eigenvalue weighted by molar-refractivity contribution is 0.344. The van der Waals surface area contributed by atoms with Crippen LogP contribution in [-0.2, 0) is 0 Å². The predicted octanol–water partition coefficient (Wildman–Crippen LogP) is 1.37. The molecule has 1 aromatic heterocycles. The van der Waals surface area contributed by atoms with Crippen molar-refractivity contribution in [3.8, 4) is 0 Å². The maximum Gasteiger partial charge on any atom is 0.141 e. The summed E-state index contributed by atoms with van der Waals surface area (Å²) in [6, 6.07) is 4.26. The summed E-state index contributed by atoms with van der Waals surface area (Å²) in [5.74, 6) is 6.57. The molecule has 17 heavy (non-hydrogen) atoms. The lowest BCUT2D eigenvalue weighted by atomic mass is 10.0. The summed E-state index contributed by atoms with van der Waals surface area (Å²) in [6.07, 6.45) is 1.74. The van der Waals surface area contributed by atoms with E-state index in [0.29, 0.717) is 17.8 Å². The van der Waals surface area contributed by atoms with Crippen LogP contribution in [0.1, 0.15) is 13.8 Å². The number of rotatable bonds is 6. The van der Waals surface area contributed by atoms with Gasteiger partial charge in [0.05, 0.1) is 0 Å². The number of nitrogen functional groups attached to an aromatic ring is 1. The van der Waals surface area contributed by atoms with E-state index in [4.69, 9.17) is 5.84 Å². The Morgan fingerprint density at radius 2 is 2.12 bits per heavy atom. The molecule has 0 saturated heterocycles. The summed E-state index contributed by atoms with van der Waals surface area (Å²) in [6.45, 7) is 5.42. The molecular formula is C12H23N5. The van der Waals surface area contributed by atoms with Crippen LogP contribution in [0.2, 0.25) is 0 Å². The Morgan fingerprint density at radius 1 is 1.41 bits per heavy atom. The summed E-state index contributed by atoms with van der Waals surface area (Å²) in [5, 5.41) is 3.51. The van der Waals surface area contributed by atoms with E-state index in [1.807, 2.05) is 12.1 Å². The standard InChI is InChI=1S/C12H23N5/c1-9(2)11(8-17(3)4)15-10-5-6-14-12(7-10)16-13/h5-7,9,11H,8,13H2,1-4H3,(H2,14,15,16). The number of pyridine rings is 1. The molecule has 0 aliphatic rings. The number of anilines is 2. The van der Waals surface area contributed by atoms with Crippen LogP contribution < -0.4 is 16.6 Å². The molecule has 0 aromatic carbocycles. The molecule has 0 bridgehead atoms. The molecule has 96 valence electrons. The van der Waals surface area contributed by atoms with Crippen LogP contribution in [0.15, 0.2) is 18.3 Å². The lowest BCUT2D eigenvalue weighted by Gasteiger charge is -2.26. The van der Waals surface area contributed by atoms with Crippen molar-refractivity contribution in [2.24, 2.45) is 11.8 Å². The molecule has 0 spiro atoms. The van der Waals surface area contributed by atoms with Crippen LogP contribution in [0.4, 0.5) is 11.5 Å². The second kappa shape index (κ2) is 6.42. The number of hydrogen-bond donors (Lipinski definition) is 3. The first-order valence-electron chi connectivity index (χ1n) is 5.87. The maximum atomic E-state index is 5.34. The van der Waals surface area contributed by atoms with Crippen LogP contribution in [0.3, 0.4) is 0 Å². The zero-order valence-corrected chi connectivity index (χ0v) is 11.1. The smallest absolute Gasteiger partial charge is 0.141 e. The third kappa shape index (κ3) is 4.58. The van der Waals surface area contributed by atoms with Gasteiger partial charge in [-0.3, -0.25) is 0 Å². The predicted molar refractivity (Wildman–Crippen MR) is 72.8 cm³/mol. The van der Waals surface area contributed by atoms with Gasteiger partial charge in [0.2, 0.25) is 0 Å². The van der Waals surface area contributed by atoms with Crippen LogP contribution in [0.25, 0.3) is 0 Å². The van der Waals surface area contributed by atoms with Gasteiger partial charge in [-0.25, -0.2) is 10.8 Å². The second-order valence-electron chi connectivity index (χ2n) is 4.83. The van der Waals surface area contributed by atoms with E-state index >= 15 is 0 Å². The maximum absolute atomic E-state index is 5.34. The van der Waals surface area contributed by atoms with Gasteiger partial charge >= 0.3 is 0 Å². The molecule has 0 radical (unpaired) electrons. The monoisotopic (exact) mass is 237 g/mol. The van der Waals surface area contributed by atoms with Crippen molar-refractivity contribution in [2.75, 3.05) is 31.4 Å². The first-order valence-corrected chi connectivity index (χ1v) is 5.87. The molecule has 0 saturated carbocycles. The van der Waals surface area contributed by atoms with Crippen molar-refractivity contribution in [1.29, 1.82) is 0 Å². The van der Waals surface area contributed by atoms with Gasteiger partial charge in [0.15, 0.2) is 0 Å². The Labute approximate surface area is 103 Å². The summed E-state index contributed by atoms with van der Waals surface area (Å²) in [4.78, 5) is 6.27. The van der Waals surface area contributed by atoms with E-state index in [0.717, 1.165) is 12.2 Å². The first-order chi connectivity index (χ1) is 8.02. The lowest BCUT2D eigenvalue weighted by Crippen LogP contribution is -2.36. The fourth-order valence-electron chi connectivity index (χ4n) is 1.63. The van der Waals surface area contributed by atoms with Crippen molar-refractivity contribution in [3.63, 3.8) is 0 Å². The molecule has 0 aliphatic heterocycles. The molecule has 0 aliphatic carbocycles. The van der Waals surface area contributed by atoms with Gasteiger partial charge in [-0.1, -0.05) is 13.8 Å². The minimum atomic E-state index is 0.401. The molecule has 5 nitrogen and oxygen atoms in total. The number of hydrogen-bond acceptors (Lipinski definition) is 5. The summed E-state index contributed by atoms with van der Waals surface area (Å²) in [7, 11) is 4.16. The quantitative estimate of drug-likeness (QED) is 0.515. The molecule has 0 fully saturated rings. The fraction of sp³-hybridized carbons (Fsp3) is 0.583. The van der Waals surface area contributed by atoms with Crippen LogP contribution in [-0.4, -0.2) is 36.6 Å². The van der Waals surface area contributed by atoms with E-state index in [2.05, 4.69) is 48.6 Å². The highest BCUT2D eigenvalue weighted by Crippen LogP contribution is 2.15. The topological polar surface area (TPSA) is 66.2 Å². The number of aromatic nitrogens is 1. The fourth-order valence-corrected chi connectivity index (χ4v) is 1.63. The third-order valence-electron chi connectivity index (χ3n) is 2.63.